The minimum atomic E-state index is -0.353. The van der Waals surface area contributed by atoms with E-state index in [1.807, 2.05) is 43.3 Å². The van der Waals surface area contributed by atoms with Crippen molar-refractivity contribution in [3.8, 4) is 11.4 Å². The van der Waals surface area contributed by atoms with E-state index in [1.165, 1.54) is 0 Å². The molecule has 0 atom stereocenters. The number of para-hydroxylation sites is 1. The number of aryl methyl sites for hydroxylation is 1. The minimum absolute atomic E-state index is 0.353. The molecular weight excluding hydrogens is 378 g/mol. The second kappa shape index (κ2) is 8.87. The van der Waals surface area contributed by atoms with Crippen LogP contribution in [0.5, 0.6) is 0 Å². The summed E-state index contributed by atoms with van der Waals surface area (Å²) in [5, 5.41) is 8.92. The Morgan fingerprint density at radius 3 is 2.57 bits per heavy atom. The maximum atomic E-state index is 12.3. The highest BCUT2D eigenvalue weighted by Gasteiger charge is 2.18. The Morgan fingerprint density at radius 1 is 1.03 bits per heavy atom. The standard InChI is InChI=1S/C22H25N7O/c1-15-16(2)25-20(28-21(15)29-12-10-23-11-13-29)17-8-9-24-19(14-17)27-22(30)26-18-6-4-3-5-7-18/h3-9,14,23H,10-13H2,1-2H3,(H2,24,26,27,30). The Kier molecular flexibility index (Phi) is 5.85. The number of pyridine rings is 1. The van der Waals surface area contributed by atoms with Crippen molar-refractivity contribution in [3.63, 3.8) is 0 Å². The smallest absolute Gasteiger partial charge is 0.324 e. The first-order valence-electron chi connectivity index (χ1n) is 10.0. The van der Waals surface area contributed by atoms with Crippen LogP contribution in [0.3, 0.4) is 0 Å². The van der Waals surface area contributed by atoms with Crippen LogP contribution in [-0.2, 0) is 0 Å². The molecule has 3 N–H and O–H groups in total. The Morgan fingerprint density at radius 2 is 1.80 bits per heavy atom. The van der Waals surface area contributed by atoms with Crippen LogP contribution in [-0.4, -0.2) is 47.2 Å². The Bertz CT molecular complexity index is 1030. The molecular formula is C22H25N7O. The number of nitrogens with one attached hydrogen (secondary N) is 3. The summed E-state index contributed by atoms with van der Waals surface area (Å²) in [5.74, 6) is 2.03. The number of benzene rings is 1. The van der Waals surface area contributed by atoms with Crippen molar-refractivity contribution in [1.29, 1.82) is 0 Å². The predicted octanol–water partition coefficient (Wildman–Crippen LogP) is 3.21. The van der Waals surface area contributed by atoms with Gasteiger partial charge < -0.3 is 15.5 Å². The molecule has 2 aromatic heterocycles. The number of aromatic nitrogens is 3. The van der Waals surface area contributed by atoms with E-state index >= 15 is 0 Å². The van der Waals surface area contributed by atoms with Crippen LogP contribution in [0, 0.1) is 13.8 Å². The summed E-state index contributed by atoms with van der Waals surface area (Å²) in [6.45, 7) is 7.78. The summed E-state index contributed by atoms with van der Waals surface area (Å²) in [6.07, 6.45) is 1.65. The van der Waals surface area contributed by atoms with Gasteiger partial charge in [-0.2, -0.15) is 0 Å². The van der Waals surface area contributed by atoms with Crippen LogP contribution in [0.4, 0.5) is 22.1 Å². The minimum Gasteiger partial charge on any atom is -0.354 e. The number of amides is 2. The number of piperazine rings is 1. The maximum Gasteiger partial charge on any atom is 0.324 e. The molecule has 1 aromatic carbocycles. The van der Waals surface area contributed by atoms with E-state index in [0.29, 0.717) is 17.3 Å². The fourth-order valence-electron chi connectivity index (χ4n) is 3.37. The van der Waals surface area contributed by atoms with Gasteiger partial charge in [-0.05, 0) is 38.1 Å². The topological polar surface area (TPSA) is 95.1 Å². The van der Waals surface area contributed by atoms with Crippen molar-refractivity contribution in [2.75, 3.05) is 41.7 Å². The van der Waals surface area contributed by atoms with Crippen LogP contribution in [0.15, 0.2) is 48.7 Å². The molecule has 1 aliphatic rings. The molecule has 0 radical (unpaired) electrons. The number of rotatable bonds is 4. The van der Waals surface area contributed by atoms with Gasteiger partial charge in [0, 0.05) is 54.9 Å². The van der Waals surface area contributed by atoms with Crippen LogP contribution in [0.25, 0.3) is 11.4 Å². The van der Waals surface area contributed by atoms with E-state index in [0.717, 1.165) is 48.8 Å². The normalized spacial score (nSPS) is 13.7. The number of urea groups is 1. The molecule has 0 aliphatic carbocycles. The van der Waals surface area contributed by atoms with E-state index in [1.54, 1.807) is 12.3 Å². The molecule has 1 fully saturated rings. The molecule has 0 unspecified atom stereocenters. The lowest BCUT2D eigenvalue weighted by atomic mass is 10.2. The molecule has 3 aromatic rings. The van der Waals surface area contributed by atoms with Crippen LogP contribution in [0.1, 0.15) is 11.3 Å². The fourth-order valence-corrected chi connectivity index (χ4v) is 3.37. The third-order valence-electron chi connectivity index (χ3n) is 5.07. The van der Waals surface area contributed by atoms with Gasteiger partial charge in [0.05, 0.1) is 0 Å². The highest BCUT2D eigenvalue weighted by molar-refractivity contribution is 5.99. The van der Waals surface area contributed by atoms with Crippen molar-refractivity contribution in [2.24, 2.45) is 0 Å². The van der Waals surface area contributed by atoms with E-state index in [-0.39, 0.29) is 6.03 Å². The van der Waals surface area contributed by atoms with Gasteiger partial charge in [-0.25, -0.2) is 19.7 Å². The lowest BCUT2D eigenvalue weighted by Crippen LogP contribution is -2.44. The highest BCUT2D eigenvalue weighted by Crippen LogP contribution is 2.25. The molecule has 1 saturated heterocycles. The molecule has 154 valence electrons. The molecule has 1 aliphatic heterocycles. The molecule has 0 bridgehead atoms. The quantitative estimate of drug-likeness (QED) is 0.619. The molecule has 3 heterocycles. The first-order valence-corrected chi connectivity index (χ1v) is 10.0. The molecule has 2 amide bonds. The van der Waals surface area contributed by atoms with E-state index < -0.39 is 0 Å². The van der Waals surface area contributed by atoms with Crippen molar-refractivity contribution in [3.05, 3.63) is 59.9 Å². The van der Waals surface area contributed by atoms with Crippen LogP contribution >= 0.6 is 0 Å². The highest BCUT2D eigenvalue weighted by atomic mass is 16.2. The van der Waals surface area contributed by atoms with Gasteiger partial charge in [-0.3, -0.25) is 5.32 Å². The molecule has 8 heteroatoms. The number of hydrogen-bond acceptors (Lipinski definition) is 6. The number of hydrogen-bond donors (Lipinski definition) is 3. The first kappa shape index (κ1) is 19.8. The molecule has 0 saturated carbocycles. The largest absolute Gasteiger partial charge is 0.354 e. The van der Waals surface area contributed by atoms with E-state index in [2.05, 4.69) is 37.7 Å². The Hall–Kier alpha value is -3.52. The van der Waals surface area contributed by atoms with Gasteiger partial charge in [-0.15, -0.1) is 0 Å². The van der Waals surface area contributed by atoms with Gasteiger partial charge in [0.1, 0.15) is 11.6 Å². The SMILES string of the molecule is Cc1nc(-c2ccnc(NC(=O)Nc3ccccc3)c2)nc(N2CCNCC2)c1C. The average molecular weight is 403 g/mol. The van der Waals surface area contributed by atoms with Crippen molar-refractivity contribution < 1.29 is 4.79 Å². The zero-order valence-electron chi connectivity index (χ0n) is 17.1. The maximum absolute atomic E-state index is 12.3. The number of nitrogens with zero attached hydrogens (tertiary/aromatic N) is 4. The van der Waals surface area contributed by atoms with Gasteiger partial charge in [0.2, 0.25) is 0 Å². The predicted molar refractivity (Wildman–Crippen MR) is 119 cm³/mol. The van der Waals surface area contributed by atoms with Crippen molar-refractivity contribution in [1.82, 2.24) is 20.3 Å². The number of carbonyl (C=O) groups excluding carboxylic acids is 1. The Labute approximate surface area is 175 Å². The molecule has 30 heavy (non-hydrogen) atoms. The summed E-state index contributed by atoms with van der Waals surface area (Å²) in [4.78, 5) is 28.3. The fraction of sp³-hybridized carbons (Fsp3) is 0.273. The third-order valence-corrected chi connectivity index (χ3v) is 5.07. The summed E-state index contributed by atoms with van der Waals surface area (Å²) in [6, 6.07) is 12.6. The average Bonchev–Trinajstić information content (AvgIpc) is 2.77. The number of carbonyl (C=O) groups is 1. The van der Waals surface area contributed by atoms with E-state index in [9.17, 15) is 4.79 Å². The van der Waals surface area contributed by atoms with Crippen molar-refractivity contribution in [2.45, 2.75) is 13.8 Å². The van der Waals surface area contributed by atoms with Gasteiger partial charge in [0.15, 0.2) is 5.82 Å². The Balaban J connectivity index is 1.56. The van der Waals surface area contributed by atoms with Crippen LogP contribution in [0.2, 0.25) is 0 Å². The molecule has 0 spiro atoms. The number of anilines is 3. The van der Waals surface area contributed by atoms with Crippen LogP contribution < -0.4 is 20.9 Å². The summed E-state index contributed by atoms with van der Waals surface area (Å²) >= 11 is 0. The second-order valence-corrected chi connectivity index (χ2v) is 7.19. The molecule has 4 rings (SSSR count). The third kappa shape index (κ3) is 4.55. The zero-order valence-corrected chi connectivity index (χ0v) is 17.1. The van der Waals surface area contributed by atoms with Crippen molar-refractivity contribution >= 4 is 23.4 Å². The molecule has 8 nitrogen and oxygen atoms in total. The van der Waals surface area contributed by atoms with Gasteiger partial charge in [0.25, 0.3) is 0 Å². The first-order chi connectivity index (χ1) is 14.6. The summed E-state index contributed by atoms with van der Waals surface area (Å²) in [7, 11) is 0. The summed E-state index contributed by atoms with van der Waals surface area (Å²) < 4.78 is 0. The lowest BCUT2D eigenvalue weighted by Gasteiger charge is -2.30. The van der Waals surface area contributed by atoms with Gasteiger partial charge >= 0.3 is 6.03 Å². The summed E-state index contributed by atoms with van der Waals surface area (Å²) in [5.41, 5.74) is 3.56. The van der Waals surface area contributed by atoms with Gasteiger partial charge in [-0.1, -0.05) is 18.2 Å². The lowest BCUT2D eigenvalue weighted by molar-refractivity contribution is 0.262. The van der Waals surface area contributed by atoms with E-state index in [4.69, 9.17) is 4.98 Å². The second-order valence-electron chi connectivity index (χ2n) is 7.19. The monoisotopic (exact) mass is 403 g/mol. The zero-order chi connectivity index (χ0) is 20.9.